The van der Waals surface area contributed by atoms with Crippen molar-refractivity contribution < 1.29 is 9.47 Å². The summed E-state index contributed by atoms with van der Waals surface area (Å²) in [5, 5.41) is 6.61. The number of aliphatic imine (C=N–C) groups is 1. The second-order valence-corrected chi connectivity index (χ2v) is 5.53. The second kappa shape index (κ2) is 11.0. The fraction of sp³-hybridized carbons (Fsp3) is 0.647. The van der Waals surface area contributed by atoms with E-state index in [9.17, 15) is 0 Å². The lowest BCUT2D eigenvalue weighted by Gasteiger charge is -2.22. The average molecular weight is 320 g/mol. The Morgan fingerprint density at radius 3 is 2.87 bits per heavy atom. The standard InChI is InChI=1S/C17H28N4O2/c1-18-17(21-11-6-15-5-2-3-9-19-15)20-10-4-12-23-16-7-13-22-14-8-16/h2-3,5,9,16H,4,6-8,10-14H2,1H3,(H2,18,20,21). The van der Waals surface area contributed by atoms with Crippen LogP contribution in [0.2, 0.25) is 0 Å². The van der Waals surface area contributed by atoms with Crippen LogP contribution in [-0.2, 0) is 15.9 Å². The molecule has 128 valence electrons. The zero-order valence-electron chi connectivity index (χ0n) is 14.0. The Morgan fingerprint density at radius 1 is 1.30 bits per heavy atom. The minimum Gasteiger partial charge on any atom is -0.381 e. The molecule has 0 atom stereocenters. The van der Waals surface area contributed by atoms with Crippen molar-refractivity contribution in [3.05, 3.63) is 30.1 Å². The Labute approximate surface area is 138 Å². The average Bonchev–Trinajstić information content (AvgIpc) is 2.61. The summed E-state index contributed by atoms with van der Waals surface area (Å²) in [6, 6.07) is 5.97. The molecule has 1 aromatic heterocycles. The summed E-state index contributed by atoms with van der Waals surface area (Å²) >= 11 is 0. The van der Waals surface area contributed by atoms with E-state index < -0.39 is 0 Å². The normalized spacial score (nSPS) is 16.3. The quantitative estimate of drug-likeness (QED) is 0.430. The largest absolute Gasteiger partial charge is 0.381 e. The van der Waals surface area contributed by atoms with E-state index in [4.69, 9.17) is 9.47 Å². The highest BCUT2D eigenvalue weighted by Gasteiger charge is 2.13. The van der Waals surface area contributed by atoms with E-state index in [1.54, 1.807) is 7.05 Å². The summed E-state index contributed by atoms with van der Waals surface area (Å²) in [7, 11) is 1.79. The molecule has 1 fully saturated rings. The highest BCUT2D eigenvalue weighted by atomic mass is 16.5. The molecule has 0 aliphatic carbocycles. The molecule has 2 heterocycles. The zero-order valence-corrected chi connectivity index (χ0v) is 14.0. The van der Waals surface area contributed by atoms with Gasteiger partial charge < -0.3 is 20.1 Å². The van der Waals surface area contributed by atoms with Gasteiger partial charge in [0.2, 0.25) is 0 Å². The second-order valence-electron chi connectivity index (χ2n) is 5.53. The molecule has 0 saturated carbocycles. The first-order chi connectivity index (χ1) is 11.4. The lowest BCUT2D eigenvalue weighted by molar-refractivity contribution is -0.0320. The summed E-state index contributed by atoms with van der Waals surface area (Å²) in [6.07, 6.45) is 6.08. The van der Waals surface area contributed by atoms with E-state index in [-0.39, 0.29) is 0 Å². The van der Waals surface area contributed by atoms with Crippen LogP contribution in [0.25, 0.3) is 0 Å². The molecule has 2 rings (SSSR count). The fourth-order valence-electron chi connectivity index (χ4n) is 2.45. The topological polar surface area (TPSA) is 67.8 Å². The van der Waals surface area contributed by atoms with Crippen LogP contribution in [-0.4, -0.2) is 57.0 Å². The van der Waals surface area contributed by atoms with E-state index in [0.29, 0.717) is 6.10 Å². The van der Waals surface area contributed by atoms with Crippen molar-refractivity contribution in [2.24, 2.45) is 4.99 Å². The van der Waals surface area contributed by atoms with E-state index in [0.717, 1.165) is 70.2 Å². The Morgan fingerprint density at radius 2 is 2.13 bits per heavy atom. The first kappa shape index (κ1) is 17.7. The summed E-state index contributed by atoms with van der Waals surface area (Å²) < 4.78 is 11.2. The van der Waals surface area contributed by atoms with Crippen molar-refractivity contribution >= 4 is 5.96 Å². The van der Waals surface area contributed by atoms with Crippen LogP contribution in [0.5, 0.6) is 0 Å². The van der Waals surface area contributed by atoms with Gasteiger partial charge >= 0.3 is 0 Å². The van der Waals surface area contributed by atoms with Crippen LogP contribution in [0.4, 0.5) is 0 Å². The van der Waals surface area contributed by atoms with Gasteiger partial charge in [-0.15, -0.1) is 0 Å². The summed E-state index contributed by atoms with van der Waals surface area (Å²) in [5.74, 6) is 0.826. The summed E-state index contributed by atoms with van der Waals surface area (Å²) in [5.41, 5.74) is 1.08. The molecule has 0 radical (unpaired) electrons. The SMILES string of the molecule is CN=C(NCCCOC1CCOCC1)NCCc1ccccn1. The highest BCUT2D eigenvalue weighted by Crippen LogP contribution is 2.10. The molecule has 0 bridgehead atoms. The number of hydrogen-bond donors (Lipinski definition) is 2. The number of ether oxygens (including phenoxy) is 2. The van der Waals surface area contributed by atoms with Crippen molar-refractivity contribution in [1.82, 2.24) is 15.6 Å². The van der Waals surface area contributed by atoms with Crippen molar-refractivity contribution in [3.63, 3.8) is 0 Å². The Hall–Kier alpha value is -1.66. The molecule has 1 saturated heterocycles. The first-order valence-electron chi connectivity index (χ1n) is 8.42. The van der Waals surface area contributed by atoms with Gasteiger partial charge in [0.25, 0.3) is 0 Å². The molecule has 1 aromatic rings. The van der Waals surface area contributed by atoms with E-state index >= 15 is 0 Å². The Balaban J connectivity index is 1.51. The van der Waals surface area contributed by atoms with Gasteiger partial charge in [-0.2, -0.15) is 0 Å². The molecule has 0 spiro atoms. The maximum atomic E-state index is 5.85. The lowest BCUT2D eigenvalue weighted by Crippen LogP contribution is -2.39. The number of hydrogen-bond acceptors (Lipinski definition) is 4. The third-order valence-corrected chi connectivity index (χ3v) is 3.76. The van der Waals surface area contributed by atoms with Crippen molar-refractivity contribution in [2.75, 3.05) is 40.0 Å². The van der Waals surface area contributed by atoms with Gasteiger partial charge in [0.15, 0.2) is 5.96 Å². The molecule has 6 nitrogen and oxygen atoms in total. The Bertz CT molecular complexity index is 447. The number of aromatic nitrogens is 1. The molecular weight excluding hydrogens is 292 g/mol. The number of nitrogens with zero attached hydrogens (tertiary/aromatic N) is 2. The molecule has 1 aliphatic rings. The zero-order chi connectivity index (χ0) is 16.2. The predicted molar refractivity (Wildman–Crippen MR) is 91.7 cm³/mol. The fourth-order valence-corrected chi connectivity index (χ4v) is 2.45. The lowest BCUT2D eigenvalue weighted by atomic mass is 10.1. The van der Waals surface area contributed by atoms with Crippen LogP contribution in [0, 0.1) is 0 Å². The minimum atomic E-state index is 0.375. The van der Waals surface area contributed by atoms with E-state index in [2.05, 4.69) is 20.6 Å². The third kappa shape index (κ3) is 7.43. The molecule has 0 aromatic carbocycles. The smallest absolute Gasteiger partial charge is 0.190 e. The molecule has 0 unspecified atom stereocenters. The third-order valence-electron chi connectivity index (χ3n) is 3.76. The number of guanidine groups is 1. The van der Waals surface area contributed by atoms with Gasteiger partial charge in [-0.3, -0.25) is 9.98 Å². The highest BCUT2D eigenvalue weighted by molar-refractivity contribution is 5.79. The van der Waals surface area contributed by atoms with Crippen LogP contribution < -0.4 is 10.6 Å². The maximum absolute atomic E-state index is 5.85. The molecule has 6 heteroatoms. The summed E-state index contributed by atoms with van der Waals surface area (Å²) in [6.45, 7) is 4.11. The number of pyridine rings is 1. The molecule has 2 N–H and O–H groups in total. The molecule has 1 aliphatic heterocycles. The van der Waals surface area contributed by atoms with Crippen LogP contribution >= 0.6 is 0 Å². The van der Waals surface area contributed by atoms with Crippen LogP contribution in [0.1, 0.15) is 25.0 Å². The number of nitrogens with one attached hydrogen (secondary N) is 2. The Kier molecular flexibility index (Phi) is 8.43. The molecular formula is C17H28N4O2. The predicted octanol–water partition coefficient (Wildman–Crippen LogP) is 1.37. The van der Waals surface area contributed by atoms with Crippen molar-refractivity contribution in [3.8, 4) is 0 Å². The first-order valence-corrected chi connectivity index (χ1v) is 8.42. The van der Waals surface area contributed by atoms with Gasteiger partial charge in [-0.25, -0.2) is 0 Å². The van der Waals surface area contributed by atoms with Gasteiger partial charge in [0.1, 0.15) is 0 Å². The monoisotopic (exact) mass is 320 g/mol. The van der Waals surface area contributed by atoms with E-state index in [1.165, 1.54) is 0 Å². The van der Waals surface area contributed by atoms with Crippen LogP contribution in [0.3, 0.4) is 0 Å². The van der Waals surface area contributed by atoms with Crippen molar-refractivity contribution in [1.29, 1.82) is 0 Å². The van der Waals surface area contributed by atoms with Gasteiger partial charge in [0, 0.05) is 58.3 Å². The molecule has 23 heavy (non-hydrogen) atoms. The van der Waals surface area contributed by atoms with Crippen LogP contribution in [0.15, 0.2) is 29.4 Å². The number of rotatable bonds is 8. The molecule has 0 amide bonds. The maximum Gasteiger partial charge on any atom is 0.190 e. The summed E-state index contributed by atoms with van der Waals surface area (Å²) in [4.78, 5) is 8.53. The van der Waals surface area contributed by atoms with E-state index in [1.807, 2.05) is 24.4 Å². The van der Waals surface area contributed by atoms with Crippen molar-refractivity contribution in [2.45, 2.75) is 31.8 Å². The van der Waals surface area contributed by atoms with Gasteiger partial charge in [0.05, 0.1) is 6.10 Å². The van der Waals surface area contributed by atoms with Gasteiger partial charge in [-0.05, 0) is 31.4 Å². The van der Waals surface area contributed by atoms with Gasteiger partial charge in [-0.1, -0.05) is 6.07 Å². The minimum absolute atomic E-state index is 0.375.